The number of alkyl halides is 2. The number of hydrogen-bond donors (Lipinski definition) is 1. The topological polar surface area (TPSA) is 45.5 Å². The van der Waals surface area contributed by atoms with Crippen LogP contribution in [0.2, 0.25) is 0 Å². The predicted molar refractivity (Wildman–Crippen MR) is 97.0 cm³/mol. The highest BCUT2D eigenvalue weighted by molar-refractivity contribution is 14.0. The van der Waals surface area contributed by atoms with Gasteiger partial charge in [-0.2, -0.15) is 8.78 Å². The van der Waals surface area contributed by atoms with E-state index in [-0.39, 0.29) is 42.2 Å². The van der Waals surface area contributed by atoms with E-state index >= 15 is 0 Å². The maximum absolute atomic E-state index is 12.9. The molecule has 2 rings (SSSR count). The van der Waals surface area contributed by atoms with Crippen molar-refractivity contribution in [2.75, 3.05) is 14.1 Å². The Morgan fingerprint density at radius 1 is 1.33 bits per heavy atom. The number of aliphatic imine (C=N–C) groups is 1. The van der Waals surface area contributed by atoms with Gasteiger partial charge in [0.1, 0.15) is 11.6 Å². The lowest BCUT2D eigenvalue weighted by atomic mass is 10.2. The molecule has 1 heterocycles. The van der Waals surface area contributed by atoms with Crippen LogP contribution in [0.25, 0.3) is 0 Å². The Morgan fingerprint density at radius 3 is 2.58 bits per heavy atom. The van der Waals surface area contributed by atoms with E-state index in [1.807, 2.05) is 4.90 Å². The van der Waals surface area contributed by atoms with Crippen LogP contribution in [0.15, 0.2) is 41.7 Å². The average Bonchev–Trinajstić information content (AvgIpc) is 2.99. The lowest BCUT2D eigenvalue weighted by Crippen LogP contribution is -2.38. The normalized spacial score (nSPS) is 11.3. The first-order valence-corrected chi connectivity index (χ1v) is 6.97. The van der Waals surface area contributed by atoms with E-state index in [0.717, 1.165) is 10.1 Å². The molecule has 0 radical (unpaired) electrons. The fourth-order valence-corrected chi connectivity index (χ4v) is 2.14. The molecule has 0 aliphatic rings. The molecule has 1 aromatic heterocycles. The van der Waals surface area contributed by atoms with Crippen molar-refractivity contribution in [3.8, 4) is 0 Å². The van der Waals surface area contributed by atoms with Gasteiger partial charge in [-0.25, -0.2) is 9.37 Å². The molecule has 24 heavy (non-hydrogen) atoms. The number of imidazole rings is 1. The Labute approximate surface area is 155 Å². The Morgan fingerprint density at radius 2 is 2.00 bits per heavy atom. The summed E-state index contributed by atoms with van der Waals surface area (Å²) in [5.74, 6) is 0.451. The third-order valence-electron chi connectivity index (χ3n) is 3.27. The van der Waals surface area contributed by atoms with Gasteiger partial charge in [0.25, 0.3) is 0 Å². The summed E-state index contributed by atoms with van der Waals surface area (Å²) in [7, 11) is 3.40. The van der Waals surface area contributed by atoms with Gasteiger partial charge in [0, 0.05) is 33.0 Å². The van der Waals surface area contributed by atoms with Crippen LogP contribution in [-0.2, 0) is 13.1 Å². The first-order valence-electron chi connectivity index (χ1n) is 6.97. The van der Waals surface area contributed by atoms with E-state index in [9.17, 15) is 13.2 Å². The molecular formula is C15H19F3IN5. The molecule has 0 fully saturated rings. The van der Waals surface area contributed by atoms with Crippen molar-refractivity contribution in [3.05, 3.63) is 53.9 Å². The van der Waals surface area contributed by atoms with Crippen molar-refractivity contribution in [2.45, 2.75) is 19.6 Å². The lowest BCUT2D eigenvalue weighted by molar-refractivity contribution is 0.0668. The first kappa shape index (κ1) is 20.3. The molecule has 0 amide bonds. The van der Waals surface area contributed by atoms with Crippen molar-refractivity contribution < 1.29 is 13.2 Å². The monoisotopic (exact) mass is 453 g/mol. The third-order valence-corrected chi connectivity index (χ3v) is 3.27. The molecule has 0 bridgehead atoms. The Hall–Kier alpha value is -1.78. The smallest absolute Gasteiger partial charge is 0.319 e. The van der Waals surface area contributed by atoms with Crippen molar-refractivity contribution in [1.29, 1.82) is 0 Å². The minimum Gasteiger partial charge on any atom is -0.349 e. The SMILES string of the molecule is CN=C(NCc1nccn1C(F)F)N(C)Cc1ccc(F)cc1.I. The van der Waals surface area contributed by atoms with Gasteiger partial charge < -0.3 is 10.2 Å². The highest BCUT2D eigenvalue weighted by atomic mass is 127. The highest BCUT2D eigenvalue weighted by Gasteiger charge is 2.13. The summed E-state index contributed by atoms with van der Waals surface area (Å²) in [4.78, 5) is 9.82. The molecule has 0 spiro atoms. The Kier molecular flexibility index (Phi) is 8.02. The van der Waals surface area contributed by atoms with Crippen LogP contribution in [0.1, 0.15) is 17.9 Å². The van der Waals surface area contributed by atoms with Gasteiger partial charge in [-0.1, -0.05) is 12.1 Å². The molecule has 2 aromatic rings. The van der Waals surface area contributed by atoms with Gasteiger partial charge in [-0.15, -0.1) is 24.0 Å². The van der Waals surface area contributed by atoms with E-state index in [1.165, 1.54) is 24.5 Å². The molecule has 132 valence electrons. The van der Waals surface area contributed by atoms with Gasteiger partial charge in [0.2, 0.25) is 0 Å². The van der Waals surface area contributed by atoms with E-state index in [0.29, 0.717) is 12.5 Å². The molecule has 9 heteroatoms. The zero-order valence-electron chi connectivity index (χ0n) is 13.3. The number of rotatable bonds is 5. The lowest BCUT2D eigenvalue weighted by Gasteiger charge is -2.22. The maximum Gasteiger partial charge on any atom is 0.319 e. The number of nitrogens with one attached hydrogen (secondary N) is 1. The Balaban J connectivity index is 0.00000288. The van der Waals surface area contributed by atoms with Gasteiger partial charge in [0.15, 0.2) is 5.96 Å². The first-order chi connectivity index (χ1) is 11.0. The minimum atomic E-state index is -2.63. The number of benzene rings is 1. The summed E-state index contributed by atoms with van der Waals surface area (Å²) in [6, 6.07) is 6.14. The van der Waals surface area contributed by atoms with Gasteiger partial charge in [-0.3, -0.25) is 9.56 Å². The molecule has 0 unspecified atom stereocenters. The van der Waals surface area contributed by atoms with Crippen LogP contribution in [0.5, 0.6) is 0 Å². The van der Waals surface area contributed by atoms with Crippen molar-refractivity contribution in [2.24, 2.45) is 4.99 Å². The molecule has 0 aliphatic carbocycles. The fraction of sp³-hybridized carbons (Fsp3) is 0.333. The van der Waals surface area contributed by atoms with Gasteiger partial charge in [-0.05, 0) is 17.7 Å². The number of hydrogen-bond acceptors (Lipinski definition) is 2. The van der Waals surface area contributed by atoms with Crippen molar-refractivity contribution in [3.63, 3.8) is 0 Å². The Bertz CT molecular complexity index is 657. The zero-order valence-corrected chi connectivity index (χ0v) is 15.6. The summed E-state index contributed by atoms with van der Waals surface area (Å²) in [5.41, 5.74) is 0.908. The molecule has 0 atom stereocenters. The summed E-state index contributed by atoms with van der Waals surface area (Å²) in [6.45, 7) is -2.01. The fourth-order valence-electron chi connectivity index (χ4n) is 2.14. The number of aromatic nitrogens is 2. The van der Waals surface area contributed by atoms with Crippen LogP contribution in [0.4, 0.5) is 13.2 Å². The second-order valence-electron chi connectivity index (χ2n) is 4.91. The molecule has 1 N–H and O–H groups in total. The third kappa shape index (κ3) is 5.39. The number of guanidine groups is 1. The average molecular weight is 453 g/mol. The van der Waals surface area contributed by atoms with Crippen molar-refractivity contribution >= 4 is 29.9 Å². The van der Waals surface area contributed by atoms with Crippen LogP contribution < -0.4 is 5.32 Å². The standard InChI is InChI=1S/C15H18F3N5.HI/c1-19-15(21-9-13-20-7-8-23(13)14(17)18)22(2)10-11-3-5-12(16)6-4-11;/h3-8,14H,9-10H2,1-2H3,(H,19,21);1H. The molecule has 1 aromatic carbocycles. The molecule has 0 aliphatic heterocycles. The van der Waals surface area contributed by atoms with E-state index in [4.69, 9.17) is 0 Å². The summed E-state index contributed by atoms with van der Waals surface area (Å²) < 4.78 is 39.2. The molecule has 0 saturated heterocycles. The highest BCUT2D eigenvalue weighted by Crippen LogP contribution is 2.12. The van der Waals surface area contributed by atoms with Gasteiger partial charge >= 0.3 is 6.55 Å². The molecular weight excluding hydrogens is 434 g/mol. The minimum absolute atomic E-state index is 0. The second kappa shape index (κ2) is 9.50. The second-order valence-corrected chi connectivity index (χ2v) is 4.91. The quantitative estimate of drug-likeness (QED) is 0.430. The van der Waals surface area contributed by atoms with Crippen LogP contribution in [0, 0.1) is 5.82 Å². The summed E-state index contributed by atoms with van der Waals surface area (Å²) >= 11 is 0. The summed E-state index contributed by atoms with van der Waals surface area (Å²) in [5, 5.41) is 2.98. The molecule has 0 saturated carbocycles. The number of halogens is 4. The van der Waals surface area contributed by atoms with Crippen LogP contribution in [-0.4, -0.2) is 34.5 Å². The van der Waals surface area contributed by atoms with E-state index in [1.54, 1.807) is 26.2 Å². The largest absolute Gasteiger partial charge is 0.349 e. The van der Waals surface area contributed by atoms with Gasteiger partial charge in [0.05, 0.1) is 6.54 Å². The van der Waals surface area contributed by atoms with Crippen molar-refractivity contribution in [1.82, 2.24) is 19.8 Å². The number of nitrogens with zero attached hydrogens (tertiary/aromatic N) is 4. The predicted octanol–water partition coefficient (Wildman–Crippen LogP) is 3.24. The van der Waals surface area contributed by atoms with Crippen LogP contribution >= 0.6 is 24.0 Å². The maximum atomic E-state index is 12.9. The van der Waals surface area contributed by atoms with Crippen LogP contribution in [0.3, 0.4) is 0 Å². The molecule has 5 nitrogen and oxygen atoms in total. The zero-order chi connectivity index (χ0) is 16.8. The van der Waals surface area contributed by atoms with E-state index in [2.05, 4.69) is 15.3 Å². The summed E-state index contributed by atoms with van der Waals surface area (Å²) in [6.07, 6.45) is 2.56. The van der Waals surface area contributed by atoms with E-state index < -0.39 is 6.55 Å².